The minimum Gasteiger partial charge on any atom is -0.481 e. The van der Waals surface area contributed by atoms with E-state index in [1.807, 2.05) is 0 Å². The second-order valence-electron chi connectivity index (χ2n) is 8.54. The van der Waals surface area contributed by atoms with E-state index in [2.05, 4.69) is 20.9 Å². The van der Waals surface area contributed by atoms with Gasteiger partial charge in [0.15, 0.2) is 5.96 Å². The first-order valence-corrected chi connectivity index (χ1v) is 11.8. The molecule has 0 aliphatic carbocycles. The number of aliphatic carboxylic acids is 2. The summed E-state index contributed by atoms with van der Waals surface area (Å²) in [5.41, 5.74) is 22.1. The van der Waals surface area contributed by atoms with Crippen LogP contribution in [0, 0.1) is 0 Å². The maximum atomic E-state index is 13.1. The van der Waals surface area contributed by atoms with Gasteiger partial charge >= 0.3 is 11.9 Å². The Bertz CT molecular complexity index is 1060. The van der Waals surface area contributed by atoms with Gasteiger partial charge in [0.1, 0.15) is 18.1 Å². The van der Waals surface area contributed by atoms with Crippen LogP contribution in [0.1, 0.15) is 31.2 Å². The predicted octanol–water partition coefficient (Wildman–Crippen LogP) is -3.50. The fourth-order valence-corrected chi connectivity index (χ4v) is 3.32. The largest absolute Gasteiger partial charge is 0.481 e. The number of guanidine groups is 1. The zero-order valence-corrected chi connectivity index (χ0v) is 21.0. The third-order valence-electron chi connectivity index (χ3n) is 5.25. The van der Waals surface area contributed by atoms with E-state index in [-0.39, 0.29) is 25.3 Å². The summed E-state index contributed by atoms with van der Waals surface area (Å²) in [6.07, 6.45) is -1.17. The third-order valence-corrected chi connectivity index (χ3v) is 5.25. The first-order valence-electron chi connectivity index (χ1n) is 11.8. The predicted molar refractivity (Wildman–Crippen MR) is 138 cm³/mol. The highest BCUT2D eigenvalue weighted by molar-refractivity contribution is 5.96. The molecule has 16 nitrogen and oxygen atoms in total. The molecule has 1 aromatic rings. The van der Waals surface area contributed by atoms with Crippen molar-refractivity contribution < 1.29 is 39.0 Å². The number of carboxylic acid groups (broad SMARTS) is 2. The number of hydrogen-bond acceptors (Lipinski definition) is 8. The quantitative estimate of drug-likeness (QED) is 0.0520. The Kier molecular flexibility index (Phi) is 13.4. The summed E-state index contributed by atoms with van der Waals surface area (Å²) in [7, 11) is 0. The molecule has 0 aliphatic heterocycles. The first-order chi connectivity index (χ1) is 18.3. The van der Waals surface area contributed by atoms with Gasteiger partial charge in [-0.15, -0.1) is 0 Å². The van der Waals surface area contributed by atoms with Gasteiger partial charge in [-0.2, -0.15) is 0 Å². The van der Waals surface area contributed by atoms with Crippen LogP contribution in [0.3, 0.4) is 0 Å². The van der Waals surface area contributed by atoms with E-state index in [0.717, 1.165) is 0 Å². The van der Waals surface area contributed by atoms with Crippen LogP contribution in [0.25, 0.3) is 0 Å². The lowest BCUT2D eigenvalue weighted by atomic mass is 10.0. The topological polar surface area (TPSA) is 295 Å². The maximum Gasteiger partial charge on any atom is 0.326 e. The SMILES string of the molecule is NC(=O)CC(NC(=O)C(N)CCCN=C(N)N)C(=O)NC(Cc1ccccc1)C(=O)NC(CC(=O)O)C(=O)O. The molecule has 0 aromatic heterocycles. The number of nitrogens with zero attached hydrogens (tertiary/aromatic N) is 1. The van der Waals surface area contributed by atoms with Crippen molar-refractivity contribution in [1.82, 2.24) is 16.0 Å². The number of carbonyl (C=O) groups is 6. The summed E-state index contributed by atoms with van der Waals surface area (Å²) in [5, 5.41) is 25.0. The summed E-state index contributed by atoms with van der Waals surface area (Å²) in [4.78, 5) is 76.3. The molecule has 4 amide bonds. The van der Waals surface area contributed by atoms with Crippen molar-refractivity contribution in [2.45, 2.75) is 56.3 Å². The van der Waals surface area contributed by atoms with Crippen molar-refractivity contribution in [2.75, 3.05) is 6.54 Å². The van der Waals surface area contributed by atoms with Gasteiger partial charge < -0.3 is 49.1 Å². The Morgan fingerprint density at radius 3 is 1.90 bits per heavy atom. The Balaban J connectivity index is 3.06. The molecule has 0 spiro atoms. The summed E-state index contributed by atoms with van der Waals surface area (Å²) < 4.78 is 0. The smallest absolute Gasteiger partial charge is 0.326 e. The van der Waals surface area contributed by atoms with E-state index >= 15 is 0 Å². The van der Waals surface area contributed by atoms with E-state index in [1.165, 1.54) is 0 Å². The average molecular weight is 551 g/mol. The van der Waals surface area contributed by atoms with Gasteiger partial charge in [-0.25, -0.2) is 4.79 Å². The van der Waals surface area contributed by atoms with Crippen LogP contribution in [0.4, 0.5) is 0 Å². The second-order valence-corrected chi connectivity index (χ2v) is 8.54. The van der Waals surface area contributed by atoms with E-state index in [4.69, 9.17) is 28.0 Å². The Morgan fingerprint density at radius 1 is 0.795 bits per heavy atom. The van der Waals surface area contributed by atoms with Gasteiger partial charge in [-0.3, -0.25) is 29.0 Å². The van der Waals surface area contributed by atoms with Crippen LogP contribution in [0.2, 0.25) is 0 Å². The van der Waals surface area contributed by atoms with Gasteiger partial charge in [-0.1, -0.05) is 30.3 Å². The number of primary amides is 1. The minimum absolute atomic E-state index is 0.126. The van der Waals surface area contributed by atoms with Crippen molar-refractivity contribution in [3.8, 4) is 0 Å². The lowest BCUT2D eigenvalue weighted by molar-refractivity contribution is -0.147. The van der Waals surface area contributed by atoms with Gasteiger partial charge in [0, 0.05) is 13.0 Å². The molecule has 0 aliphatic rings. The van der Waals surface area contributed by atoms with Crippen LogP contribution < -0.4 is 38.9 Å². The van der Waals surface area contributed by atoms with Crippen molar-refractivity contribution in [1.29, 1.82) is 0 Å². The number of aliphatic imine (C=N–C) groups is 1. The molecule has 0 heterocycles. The number of nitrogens with one attached hydrogen (secondary N) is 3. The lowest BCUT2D eigenvalue weighted by Gasteiger charge is -2.24. The molecule has 4 unspecified atom stereocenters. The average Bonchev–Trinajstić information content (AvgIpc) is 2.84. The van der Waals surface area contributed by atoms with E-state index < -0.39 is 72.6 Å². The zero-order valence-electron chi connectivity index (χ0n) is 21.0. The fourth-order valence-electron chi connectivity index (χ4n) is 3.32. The molecule has 0 radical (unpaired) electrons. The minimum atomic E-state index is -1.77. The molecule has 1 aromatic carbocycles. The third kappa shape index (κ3) is 12.9. The molecule has 0 saturated carbocycles. The van der Waals surface area contributed by atoms with Crippen molar-refractivity contribution in [3.63, 3.8) is 0 Å². The van der Waals surface area contributed by atoms with Gasteiger partial charge in [-0.05, 0) is 18.4 Å². The molecule has 0 bridgehead atoms. The highest BCUT2D eigenvalue weighted by Gasteiger charge is 2.32. The summed E-state index contributed by atoms with van der Waals surface area (Å²) >= 11 is 0. The Morgan fingerprint density at radius 2 is 1.36 bits per heavy atom. The molecule has 1 rings (SSSR count). The van der Waals surface area contributed by atoms with Crippen LogP contribution in [-0.4, -0.2) is 82.5 Å². The second kappa shape index (κ2) is 16.2. The van der Waals surface area contributed by atoms with Gasteiger partial charge in [0.25, 0.3) is 0 Å². The van der Waals surface area contributed by atoms with Crippen molar-refractivity contribution >= 4 is 41.5 Å². The fraction of sp³-hybridized carbons (Fsp3) is 0.435. The van der Waals surface area contributed by atoms with E-state index in [0.29, 0.717) is 12.0 Å². The molecule has 0 fully saturated rings. The van der Waals surface area contributed by atoms with Crippen LogP contribution >= 0.6 is 0 Å². The summed E-state index contributed by atoms with van der Waals surface area (Å²) in [5.74, 6) is -6.88. The first kappa shape index (κ1) is 32.3. The van der Waals surface area contributed by atoms with E-state index in [1.54, 1.807) is 30.3 Å². The maximum absolute atomic E-state index is 13.1. The standard InChI is InChI=1S/C23H34N8O8/c24-13(7-4-8-28-23(26)27)19(35)29-15(10-17(25)32)21(37)30-14(9-12-5-2-1-3-6-12)20(36)31-16(22(38)39)11-18(33)34/h1-3,5-6,13-16H,4,7-11,24H2,(H2,25,32)(H,29,35)(H,30,37)(H,31,36)(H,33,34)(H,38,39)(H4,26,27,28). The highest BCUT2D eigenvalue weighted by atomic mass is 16.4. The van der Waals surface area contributed by atoms with E-state index in [9.17, 15) is 33.9 Å². The van der Waals surface area contributed by atoms with Crippen LogP contribution in [0.15, 0.2) is 35.3 Å². The van der Waals surface area contributed by atoms with Gasteiger partial charge in [0.2, 0.25) is 23.6 Å². The molecule has 4 atom stereocenters. The molecular formula is C23H34N8O8. The van der Waals surface area contributed by atoms with Crippen molar-refractivity contribution in [2.24, 2.45) is 27.9 Å². The van der Waals surface area contributed by atoms with Crippen molar-refractivity contribution in [3.05, 3.63) is 35.9 Å². The molecule has 16 heteroatoms. The monoisotopic (exact) mass is 550 g/mol. The van der Waals surface area contributed by atoms with Crippen LogP contribution in [-0.2, 0) is 35.2 Å². The summed E-state index contributed by atoms with van der Waals surface area (Å²) in [6.45, 7) is 0.212. The molecule has 39 heavy (non-hydrogen) atoms. The number of rotatable bonds is 17. The number of hydrogen-bond donors (Lipinski definition) is 9. The number of carbonyl (C=O) groups excluding carboxylic acids is 4. The number of nitrogens with two attached hydrogens (primary N) is 4. The highest BCUT2D eigenvalue weighted by Crippen LogP contribution is 2.06. The Hall–Kier alpha value is -4.73. The number of carboxylic acids is 2. The molecule has 13 N–H and O–H groups in total. The lowest BCUT2D eigenvalue weighted by Crippen LogP contribution is -2.58. The zero-order chi connectivity index (χ0) is 29.5. The number of benzene rings is 1. The molecule has 0 saturated heterocycles. The Labute approximate surface area is 223 Å². The van der Waals surface area contributed by atoms with Crippen LogP contribution in [0.5, 0.6) is 0 Å². The normalized spacial score (nSPS) is 13.6. The molecule has 214 valence electrons. The number of amides is 4. The molecular weight excluding hydrogens is 516 g/mol. The summed E-state index contributed by atoms with van der Waals surface area (Å²) in [6, 6.07) is 2.55. The van der Waals surface area contributed by atoms with Gasteiger partial charge in [0.05, 0.1) is 18.9 Å².